The molecule has 0 saturated heterocycles. The first-order valence-corrected chi connectivity index (χ1v) is 16.4. The molecule has 36 heavy (non-hydrogen) atoms. The molecule has 0 spiro atoms. The lowest BCUT2D eigenvalue weighted by atomic mass is 9.97. The second-order valence-corrected chi connectivity index (χ2v) is 11.5. The lowest BCUT2D eigenvalue weighted by Crippen LogP contribution is -1.95. The molecule has 208 valence electrons. The standard InChI is InChI=1S/C35H62O/c1-3-5-7-9-11-13-15-17-19-21-23-25-27-33-29-34(31-35(30-33)32-36)28-26-24-22-20-18-16-14-12-10-8-6-4-2/h29-32H,3-28H2,1-2H3. The Morgan fingerprint density at radius 1 is 0.417 bits per heavy atom. The van der Waals surface area contributed by atoms with E-state index in [0.717, 1.165) is 24.7 Å². The zero-order valence-corrected chi connectivity index (χ0v) is 24.6. The zero-order chi connectivity index (χ0) is 25.9. The number of hydrogen-bond donors (Lipinski definition) is 0. The lowest BCUT2D eigenvalue weighted by Gasteiger charge is -2.08. The summed E-state index contributed by atoms with van der Waals surface area (Å²) in [6.45, 7) is 4.58. The number of aldehydes is 1. The van der Waals surface area contributed by atoms with Crippen molar-refractivity contribution in [1.29, 1.82) is 0 Å². The molecular formula is C35H62O. The first-order chi connectivity index (χ1) is 17.8. The minimum atomic E-state index is 0.875. The maximum Gasteiger partial charge on any atom is 0.150 e. The summed E-state index contributed by atoms with van der Waals surface area (Å²) < 4.78 is 0. The molecule has 0 aliphatic carbocycles. The monoisotopic (exact) mass is 498 g/mol. The first-order valence-electron chi connectivity index (χ1n) is 16.4. The van der Waals surface area contributed by atoms with Crippen molar-refractivity contribution in [2.75, 3.05) is 0 Å². The normalized spacial score (nSPS) is 11.3. The number of benzene rings is 1. The summed E-state index contributed by atoms with van der Waals surface area (Å²) in [5, 5.41) is 0. The van der Waals surface area contributed by atoms with Crippen molar-refractivity contribution in [2.24, 2.45) is 0 Å². The van der Waals surface area contributed by atoms with Crippen LogP contribution in [0, 0.1) is 0 Å². The minimum Gasteiger partial charge on any atom is -0.298 e. The van der Waals surface area contributed by atoms with Gasteiger partial charge in [-0.3, -0.25) is 4.79 Å². The van der Waals surface area contributed by atoms with Crippen LogP contribution in [-0.4, -0.2) is 6.29 Å². The predicted molar refractivity (Wildman–Crippen MR) is 161 cm³/mol. The predicted octanol–water partition coefficient (Wildman–Crippen LogP) is 12.0. The van der Waals surface area contributed by atoms with Gasteiger partial charge in [0.2, 0.25) is 0 Å². The summed E-state index contributed by atoms with van der Waals surface area (Å²) in [5.41, 5.74) is 3.63. The number of hydrogen-bond acceptors (Lipinski definition) is 1. The van der Waals surface area contributed by atoms with Gasteiger partial charge in [0.1, 0.15) is 6.29 Å². The molecule has 1 aromatic carbocycles. The van der Waals surface area contributed by atoms with Crippen molar-refractivity contribution in [3.8, 4) is 0 Å². The van der Waals surface area contributed by atoms with Crippen LogP contribution in [0.2, 0.25) is 0 Å². The van der Waals surface area contributed by atoms with Crippen LogP contribution in [0.25, 0.3) is 0 Å². The van der Waals surface area contributed by atoms with Gasteiger partial charge in [-0.25, -0.2) is 0 Å². The quantitative estimate of drug-likeness (QED) is 0.0870. The number of carbonyl (C=O) groups excluding carboxylic acids is 1. The molecule has 0 aromatic heterocycles. The summed E-state index contributed by atoms with van der Waals surface area (Å²) in [6.07, 6.45) is 36.7. The van der Waals surface area contributed by atoms with Gasteiger partial charge in [0.05, 0.1) is 0 Å². The molecule has 0 bridgehead atoms. The molecule has 0 amide bonds. The third-order valence-electron chi connectivity index (χ3n) is 7.85. The van der Waals surface area contributed by atoms with Gasteiger partial charge in [0.25, 0.3) is 0 Å². The van der Waals surface area contributed by atoms with E-state index in [4.69, 9.17) is 0 Å². The summed E-state index contributed by atoms with van der Waals surface area (Å²) in [5.74, 6) is 0. The molecular weight excluding hydrogens is 436 g/mol. The summed E-state index contributed by atoms with van der Waals surface area (Å²) in [6, 6.07) is 6.62. The van der Waals surface area contributed by atoms with Crippen LogP contribution in [-0.2, 0) is 12.8 Å². The molecule has 0 radical (unpaired) electrons. The zero-order valence-electron chi connectivity index (χ0n) is 24.6. The Hall–Kier alpha value is -1.11. The van der Waals surface area contributed by atoms with E-state index in [-0.39, 0.29) is 0 Å². The van der Waals surface area contributed by atoms with Crippen LogP contribution in [0.15, 0.2) is 18.2 Å². The van der Waals surface area contributed by atoms with Gasteiger partial charge in [0.15, 0.2) is 0 Å². The molecule has 0 unspecified atom stereocenters. The van der Waals surface area contributed by atoms with E-state index in [1.807, 2.05) is 0 Å². The van der Waals surface area contributed by atoms with Crippen LogP contribution < -0.4 is 0 Å². The highest BCUT2D eigenvalue weighted by atomic mass is 16.1. The Kier molecular flexibility index (Phi) is 23.4. The summed E-state index contributed by atoms with van der Waals surface area (Å²) in [4.78, 5) is 11.5. The second-order valence-electron chi connectivity index (χ2n) is 11.5. The van der Waals surface area contributed by atoms with Crippen molar-refractivity contribution in [3.05, 3.63) is 34.9 Å². The fourth-order valence-electron chi connectivity index (χ4n) is 5.49. The van der Waals surface area contributed by atoms with Crippen molar-refractivity contribution >= 4 is 6.29 Å². The fourth-order valence-corrected chi connectivity index (χ4v) is 5.49. The van der Waals surface area contributed by atoms with Crippen molar-refractivity contribution < 1.29 is 4.79 Å². The van der Waals surface area contributed by atoms with E-state index in [0.29, 0.717) is 0 Å². The highest BCUT2D eigenvalue weighted by molar-refractivity contribution is 5.75. The topological polar surface area (TPSA) is 17.1 Å². The molecule has 1 nitrogen and oxygen atoms in total. The van der Waals surface area contributed by atoms with Crippen LogP contribution in [0.3, 0.4) is 0 Å². The van der Waals surface area contributed by atoms with Crippen molar-refractivity contribution in [2.45, 2.75) is 181 Å². The molecule has 0 saturated carbocycles. The van der Waals surface area contributed by atoms with Crippen LogP contribution in [0.4, 0.5) is 0 Å². The van der Waals surface area contributed by atoms with E-state index >= 15 is 0 Å². The Labute approximate surface area is 226 Å². The molecule has 0 atom stereocenters. The van der Waals surface area contributed by atoms with Crippen molar-refractivity contribution in [1.82, 2.24) is 0 Å². The van der Waals surface area contributed by atoms with E-state index in [2.05, 4.69) is 32.0 Å². The number of aryl methyl sites for hydroxylation is 2. The van der Waals surface area contributed by atoms with Crippen molar-refractivity contribution in [3.63, 3.8) is 0 Å². The molecule has 1 heteroatoms. The van der Waals surface area contributed by atoms with Gasteiger partial charge in [-0.05, 0) is 48.9 Å². The third kappa shape index (κ3) is 20.0. The average Bonchev–Trinajstić information content (AvgIpc) is 2.89. The smallest absolute Gasteiger partial charge is 0.150 e. The van der Waals surface area contributed by atoms with Gasteiger partial charge < -0.3 is 0 Å². The molecule has 0 aliphatic rings. The van der Waals surface area contributed by atoms with Gasteiger partial charge in [0, 0.05) is 5.56 Å². The molecule has 0 fully saturated rings. The second kappa shape index (κ2) is 25.5. The van der Waals surface area contributed by atoms with Crippen LogP contribution in [0.5, 0.6) is 0 Å². The Morgan fingerprint density at radius 2 is 0.694 bits per heavy atom. The highest BCUT2D eigenvalue weighted by Gasteiger charge is 2.03. The maximum atomic E-state index is 11.5. The van der Waals surface area contributed by atoms with E-state index in [1.165, 1.54) is 165 Å². The van der Waals surface area contributed by atoms with Gasteiger partial charge in [-0.1, -0.05) is 161 Å². The average molecular weight is 499 g/mol. The van der Waals surface area contributed by atoms with E-state index in [1.54, 1.807) is 0 Å². The van der Waals surface area contributed by atoms with E-state index in [9.17, 15) is 4.79 Å². The maximum absolute atomic E-state index is 11.5. The number of carbonyl (C=O) groups is 1. The van der Waals surface area contributed by atoms with Gasteiger partial charge >= 0.3 is 0 Å². The third-order valence-corrected chi connectivity index (χ3v) is 7.85. The fraction of sp³-hybridized carbons (Fsp3) is 0.800. The lowest BCUT2D eigenvalue weighted by molar-refractivity contribution is 0.112. The molecule has 1 rings (SSSR count). The minimum absolute atomic E-state index is 0.875. The Balaban J connectivity index is 2.07. The van der Waals surface area contributed by atoms with Crippen LogP contribution >= 0.6 is 0 Å². The molecule has 0 N–H and O–H groups in total. The Bertz CT molecular complexity index is 558. The van der Waals surface area contributed by atoms with Crippen LogP contribution in [0.1, 0.15) is 189 Å². The Morgan fingerprint density at radius 3 is 0.972 bits per heavy atom. The summed E-state index contributed by atoms with van der Waals surface area (Å²) in [7, 11) is 0. The largest absolute Gasteiger partial charge is 0.298 e. The first kappa shape index (κ1) is 32.9. The molecule has 1 aromatic rings. The SMILES string of the molecule is CCCCCCCCCCCCCCc1cc(C=O)cc(CCCCCCCCCCCCCC)c1. The highest BCUT2D eigenvalue weighted by Crippen LogP contribution is 2.18. The molecule has 0 heterocycles. The van der Waals surface area contributed by atoms with Gasteiger partial charge in [-0.15, -0.1) is 0 Å². The molecule has 0 aliphatic heterocycles. The number of unbranched alkanes of at least 4 members (excludes halogenated alkanes) is 22. The number of rotatable bonds is 27. The van der Waals surface area contributed by atoms with Gasteiger partial charge in [-0.2, -0.15) is 0 Å². The van der Waals surface area contributed by atoms with E-state index < -0.39 is 0 Å². The summed E-state index contributed by atoms with van der Waals surface area (Å²) >= 11 is 0.